The fraction of sp³-hybridized carbons (Fsp3) is 0.857. The van der Waals surface area contributed by atoms with Crippen molar-refractivity contribution in [3.05, 3.63) is 0 Å². The Labute approximate surface area is 126 Å². The first-order valence-electron chi connectivity index (χ1n) is 7.31. The van der Waals surface area contributed by atoms with Crippen LogP contribution in [0.1, 0.15) is 33.1 Å². The lowest BCUT2D eigenvalue weighted by atomic mass is 10.0. The quantitative estimate of drug-likeness (QED) is 0.471. The number of methoxy groups -OCH3 is 1. The highest BCUT2D eigenvalue weighted by Gasteiger charge is 2.20. The second kappa shape index (κ2) is 12.4. The van der Waals surface area contributed by atoms with E-state index in [4.69, 9.17) is 14.6 Å². The normalized spacial score (nSPS) is 12.2. The molecule has 0 aliphatic carbocycles. The van der Waals surface area contributed by atoms with Crippen molar-refractivity contribution in [3.8, 4) is 0 Å². The molecule has 124 valence electrons. The van der Waals surface area contributed by atoms with E-state index in [1.807, 2.05) is 13.8 Å². The van der Waals surface area contributed by atoms with Gasteiger partial charge in [-0.1, -0.05) is 13.8 Å². The van der Waals surface area contributed by atoms with Gasteiger partial charge in [-0.05, 0) is 25.2 Å². The Morgan fingerprint density at radius 2 is 1.86 bits per heavy atom. The maximum absolute atomic E-state index is 11.6. The highest BCUT2D eigenvalue weighted by Crippen LogP contribution is 2.04. The third-order valence-electron chi connectivity index (χ3n) is 2.74. The number of nitrogens with one attached hydrogen (secondary N) is 2. The van der Waals surface area contributed by atoms with E-state index in [2.05, 4.69) is 10.6 Å². The van der Waals surface area contributed by atoms with Crippen LogP contribution in [0.4, 0.5) is 4.79 Å². The van der Waals surface area contributed by atoms with Crippen LogP contribution in [0.15, 0.2) is 0 Å². The van der Waals surface area contributed by atoms with Gasteiger partial charge in [-0.15, -0.1) is 0 Å². The fourth-order valence-corrected chi connectivity index (χ4v) is 1.68. The number of rotatable bonds is 12. The van der Waals surface area contributed by atoms with Gasteiger partial charge >= 0.3 is 12.0 Å². The van der Waals surface area contributed by atoms with Crippen LogP contribution in [-0.4, -0.2) is 56.6 Å². The molecule has 7 nitrogen and oxygen atoms in total. The van der Waals surface area contributed by atoms with Crippen LogP contribution in [0.3, 0.4) is 0 Å². The van der Waals surface area contributed by atoms with E-state index >= 15 is 0 Å². The van der Waals surface area contributed by atoms with E-state index in [1.165, 1.54) is 0 Å². The van der Waals surface area contributed by atoms with Crippen LogP contribution in [0.2, 0.25) is 0 Å². The Bertz CT molecular complexity index is 297. The minimum absolute atomic E-state index is 0.204. The van der Waals surface area contributed by atoms with Crippen LogP contribution < -0.4 is 10.6 Å². The molecule has 2 amide bonds. The number of hydrogen-bond donors (Lipinski definition) is 3. The Balaban J connectivity index is 3.66. The van der Waals surface area contributed by atoms with Crippen molar-refractivity contribution in [1.82, 2.24) is 10.6 Å². The SMILES string of the molecule is COCCOCCCCNC(=O)NC(CC(C)C)C(=O)O. The molecule has 0 rings (SSSR count). The topological polar surface area (TPSA) is 96.9 Å². The van der Waals surface area contributed by atoms with Crippen LogP contribution in [0.25, 0.3) is 0 Å². The molecule has 0 aromatic heterocycles. The zero-order valence-corrected chi connectivity index (χ0v) is 13.2. The molecule has 0 heterocycles. The van der Waals surface area contributed by atoms with Gasteiger partial charge in [0.1, 0.15) is 6.04 Å². The third-order valence-corrected chi connectivity index (χ3v) is 2.74. The van der Waals surface area contributed by atoms with Crippen LogP contribution in [-0.2, 0) is 14.3 Å². The summed E-state index contributed by atoms with van der Waals surface area (Å²) >= 11 is 0. The first kappa shape index (κ1) is 19.7. The number of ether oxygens (including phenoxy) is 2. The van der Waals surface area contributed by atoms with Gasteiger partial charge in [0.05, 0.1) is 13.2 Å². The van der Waals surface area contributed by atoms with Crippen molar-refractivity contribution < 1.29 is 24.2 Å². The third kappa shape index (κ3) is 12.1. The molecule has 0 bridgehead atoms. The predicted molar refractivity (Wildman–Crippen MR) is 79.3 cm³/mol. The van der Waals surface area contributed by atoms with Gasteiger partial charge in [0.2, 0.25) is 0 Å². The Morgan fingerprint density at radius 3 is 2.43 bits per heavy atom. The van der Waals surface area contributed by atoms with Crippen molar-refractivity contribution in [2.45, 2.75) is 39.2 Å². The van der Waals surface area contributed by atoms with Crippen molar-refractivity contribution in [1.29, 1.82) is 0 Å². The molecule has 0 fully saturated rings. The van der Waals surface area contributed by atoms with Gasteiger partial charge in [0, 0.05) is 20.3 Å². The second-order valence-electron chi connectivity index (χ2n) is 5.23. The minimum Gasteiger partial charge on any atom is -0.480 e. The smallest absolute Gasteiger partial charge is 0.326 e. The number of carbonyl (C=O) groups is 2. The highest BCUT2D eigenvalue weighted by atomic mass is 16.5. The minimum atomic E-state index is -1.01. The molecule has 21 heavy (non-hydrogen) atoms. The Morgan fingerprint density at radius 1 is 1.14 bits per heavy atom. The van der Waals surface area contributed by atoms with Crippen molar-refractivity contribution in [2.24, 2.45) is 5.92 Å². The number of hydrogen-bond acceptors (Lipinski definition) is 4. The first-order chi connectivity index (χ1) is 9.97. The van der Waals surface area contributed by atoms with Gasteiger partial charge in [-0.2, -0.15) is 0 Å². The van der Waals surface area contributed by atoms with E-state index < -0.39 is 18.0 Å². The summed E-state index contributed by atoms with van der Waals surface area (Å²) in [6, 6.07) is -1.29. The van der Waals surface area contributed by atoms with Gasteiger partial charge < -0.3 is 25.2 Å². The van der Waals surface area contributed by atoms with Gasteiger partial charge in [-0.25, -0.2) is 9.59 Å². The number of amides is 2. The summed E-state index contributed by atoms with van der Waals surface area (Å²) in [6.07, 6.45) is 2.02. The Kier molecular flexibility index (Phi) is 11.6. The van der Waals surface area contributed by atoms with Crippen molar-refractivity contribution in [2.75, 3.05) is 33.5 Å². The van der Waals surface area contributed by atoms with Crippen molar-refractivity contribution in [3.63, 3.8) is 0 Å². The van der Waals surface area contributed by atoms with E-state index in [1.54, 1.807) is 7.11 Å². The number of carbonyl (C=O) groups excluding carboxylic acids is 1. The van der Waals surface area contributed by atoms with E-state index in [0.717, 1.165) is 12.8 Å². The molecule has 0 aliphatic heterocycles. The maximum atomic E-state index is 11.6. The van der Waals surface area contributed by atoms with Crippen LogP contribution in [0, 0.1) is 5.92 Å². The van der Waals surface area contributed by atoms with Gasteiger partial charge in [0.25, 0.3) is 0 Å². The average molecular weight is 304 g/mol. The van der Waals surface area contributed by atoms with Crippen molar-refractivity contribution >= 4 is 12.0 Å². The largest absolute Gasteiger partial charge is 0.480 e. The molecule has 0 saturated heterocycles. The molecular weight excluding hydrogens is 276 g/mol. The highest BCUT2D eigenvalue weighted by molar-refractivity contribution is 5.82. The van der Waals surface area contributed by atoms with E-state index in [0.29, 0.717) is 32.8 Å². The number of aliphatic carboxylic acids is 1. The lowest BCUT2D eigenvalue weighted by Crippen LogP contribution is -2.46. The lowest BCUT2D eigenvalue weighted by Gasteiger charge is -2.16. The summed E-state index contributed by atoms with van der Waals surface area (Å²) in [4.78, 5) is 22.6. The zero-order chi connectivity index (χ0) is 16.1. The van der Waals surface area contributed by atoms with Gasteiger partial charge in [-0.3, -0.25) is 0 Å². The Hall–Kier alpha value is -1.34. The van der Waals surface area contributed by atoms with Crippen LogP contribution >= 0.6 is 0 Å². The van der Waals surface area contributed by atoms with E-state index in [9.17, 15) is 9.59 Å². The number of carboxylic acids is 1. The molecule has 0 spiro atoms. The molecule has 0 aromatic carbocycles. The fourth-order valence-electron chi connectivity index (χ4n) is 1.68. The molecule has 1 unspecified atom stereocenters. The monoisotopic (exact) mass is 304 g/mol. The molecule has 1 atom stereocenters. The second-order valence-corrected chi connectivity index (χ2v) is 5.23. The summed E-state index contributed by atoms with van der Waals surface area (Å²) in [5, 5.41) is 14.1. The summed E-state index contributed by atoms with van der Waals surface area (Å²) in [7, 11) is 1.62. The molecule has 0 saturated carbocycles. The average Bonchev–Trinajstić information content (AvgIpc) is 2.40. The van der Waals surface area contributed by atoms with Crippen LogP contribution in [0.5, 0.6) is 0 Å². The molecule has 0 aliphatic rings. The first-order valence-corrected chi connectivity index (χ1v) is 7.31. The lowest BCUT2D eigenvalue weighted by molar-refractivity contribution is -0.139. The van der Waals surface area contributed by atoms with Gasteiger partial charge in [0.15, 0.2) is 0 Å². The summed E-state index contributed by atoms with van der Waals surface area (Å²) in [5.74, 6) is -0.805. The number of carboxylic acid groups (broad SMARTS) is 1. The summed E-state index contributed by atoms with van der Waals surface area (Å²) in [5.41, 5.74) is 0. The predicted octanol–water partition coefficient (Wildman–Crippen LogP) is 1.23. The molecule has 3 N–H and O–H groups in total. The molecule has 7 heteroatoms. The number of unbranched alkanes of at least 4 members (excludes halogenated alkanes) is 1. The standard InChI is InChI=1S/C14H28N2O5/c1-11(2)10-12(13(17)18)16-14(19)15-6-4-5-7-21-9-8-20-3/h11-12H,4-10H2,1-3H3,(H,17,18)(H2,15,16,19). The molecular formula is C14H28N2O5. The van der Waals surface area contributed by atoms with E-state index in [-0.39, 0.29) is 5.92 Å². The number of urea groups is 1. The summed E-state index contributed by atoms with van der Waals surface area (Å²) in [6.45, 7) is 6.09. The molecule has 0 radical (unpaired) electrons. The molecule has 0 aromatic rings. The zero-order valence-electron chi connectivity index (χ0n) is 13.2. The maximum Gasteiger partial charge on any atom is 0.326 e. The summed E-state index contributed by atoms with van der Waals surface area (Å²) < 4.78 is 10.1.